The molecule has 0 heterocycles. The molecule has 0 aliphatic heterocycles. The molecule has 0 aromatic heterocycles. The van der Waals surface area contributed by atoms with Crippen LogP contribution in [0.15, 0.2) is 29.4 Å². The largest absolute Gasteiger partial charge is 0.497 e. The molecule has 19 heavy (non-hydrogen) atoms. The van der Waals surface area contributed by atoms with Crippen molar-refractivity contribution in [2.24, 2.45) is 16.9 Å². The maximum absolute atomic E-state index is 12.0. The highest BCUT2D eigenvalue weighted by Crippen LogP contribution is 2.42. The maximum atomic E-state index is 12.0. The summed E-state index contributed by atoms with van der Waals surface area (Å²) in [6, 6.07) is 7.10. The van der Waals surface area contributed by atoms with Crippen molar-refractivity contribution in [1.29, 1.82) is 0 Å². The van der Waals surface area contributed by atoms with Crippen LogP contribution in [0.1, 0.15) is 36.0 Å². The van der Waals surface area contributed by atoms with Crippen LogP contribution in [0.5, 0.6) is 5.75 Å². The third kappa shape index (κ3) is 2.48. The minimum absolute atomic E-state index is 0.172. The van der Waals surface area contributed by atoms with E-state index in [9.17, 15) is 4.79 Å². The van der Waals surface area contributed by atoms with Crippen molar-refractivity contribution in [2.45, 2.75) is 25.7 Å². The molecule has 2 bridgehead atoms. The van der Waals surface area contributed by atoms with Gasteiger partial charge in [0.1, 0.15) is 5.75 Å². The maximum Gasteiger partial charge on any atom is 0.271 e. The van der Waals surface area contributed by atoms with Gasteiger partial charge in [-0.25, -0.2) is 5.43 Å². The summed E-state index contributed by atoms with van der Waals surface area (Å²) in [5.41, 5.74) is 4.42. The lowest BCUT2D eigenvalue weighted by Crippen LogP contribution is -2.21. The number of ether oxygens (including phenoxy) is 1. The lowest BCUT2D eigenvalue weighted by molar-refractivity contribution is 0.0954. The second-order valence-corrected chi connectivity index (χ2v) is 5.36. The molecule has 3 rings (SSSR count). The Labute approximate surface area is 112 Å². The van der Waals surface area contributed by atoms with Gasteiger partial charge < -0.3 is 4.74 Å². The summed E-state index contributed by atoms with van der Waals surface area (Å²) in [5, 5.41) is 4.31. The molecule has 1 amide bonds. The van der Waals surface area contributed by atoms with E-state index in [-0.39, 0.29) is 5.91 Å². The van der Waals surface area contributed by atoms with Gasteiger partial charge in [0.2, 0.25) is 0 Å². The molecular weight excluding hydrogens is 240 g/mol. The second-order valence-electron chi connectivity index (χ2n) is 5.36. The Bertz CT molecular complexity index is 525. The smallest absolute Gasteiger partial charge is 0.271 e. The number of nitrogens with one attached hydrogen (secondary N) is 1. The molecule has 0 radical (unpaired) electrons. The van der Waals surface area contributed by atoms with E-state index in [2.05, 4.69) is 10.5 Å². The monoisotopic (exact) mass is 258 g/mol. The zero-order chi connectivity index (χ0) is 13.2. The molecule has 0 unspecified atom stereocenters. The molecule has 0 spiro atoms. The number of rotatable bonds is 3. The first kappa shape index (κ1) is 12.2. The summed E-state index contributed by atoms with van der Waals surface area (Å²) in [4.78, 5) is 12.0. The van der Waals surface area contributed by atoms with Crippen LogP contribution in [0.4, 0.5) is 0 Å². The quantitative estimate of drug-likeness (QED) is 0.847. The molecule has 2 atom stereocenters. The fraction of sp³-hybridized carbons (Fsp3) is 0.467. The first-order valence-electron chi connectivity index (χ1n) is 6.77. The first-order valence-corrected chi connectivity index (χ1v) is 6.77. The van der Waals surface area contributed by atoms with E-state index in [4.69, 9.17) is 4.74 Å². The van der Waals surface area contributed by atoms with Gasteiger partial charge in [-0.15, -0.1) is 0 Å². The van der Waals surface area contributed by atoms with E-state index < -0.39 is 0 Å². The molecule has 0 saturated heterocycles. The number of hydrogen-bond acceptors (Lipinski definition) is 3. The SMILES string of the molecule is COc1cccc(C(=O)N/N=C2/C[C@H]3CC[C@H]2C3)c1. The van der Waals surface area contributed by atoms with Gasteiger partial charge in [-0.3, -0.25) is 4.79 Å². The molecule has 4 heteroatoms. The molecule has 2 aliphatic carbocycles. The predicted molar refractivity (Wildman–Crippen MR) is 73.3 cm³/mol. The van der Waals surface area contributed by atoms with Gasteiger partial charge in [-0.1, -0.05) is 6.07 Å². The summed E-state index contributed by atoms with van der Waals surface area (Å²) < 4.78 is 5.11. The van der Waals surface area contributed by atoms with Crippen molar-refractivity contribution in [3.05, 3.63) is 29.8 Å². The number of nitrogens with zero attached hydrogens (tertiary/aromatic N) is 1. The van der Waals surface area contributed by atoms with Crippen molar-refractivity contribution >= 4 is 11.6 Å². The van der Waals surface area contributed by atoms with Crippen LogP contribution in [-0.2, 0) is 0 Å². The minimum Gasteiger partial charge on any atom is -0.497 e. The van der Waals surface area contributed by atoms with E-state index >= 15 is 0 Å². The van der Waals surface area contributed by atoms with Gasteiger partial charge in [-0.2, -0.15) is 5.10 Å². The van der Waals surface area contributed by atoms with Crippen molar-refractivity contribution in [1.82, 2.24) is 5.43 Å². The highest BCUT2D eigenvalue weighted by molar-refractivity contribution is 5.96. The average Bonchev–Trinajstić information content (AvgIpc) is 3.07. The number of methoxy groups -OCH3 is 1. The lowest BCUT2D eigenvalue weighted by atomic mass is 9.99. The summed E-state index contributed by atoms with van der Waals surface area (Å²) in [5.74, 6) is 1.92. The molecular formula is C15H18N2O2. The molecule has 2 fully saturated rings. The number of amides is 1. The van der Waals surface area contributed by atoms with Crippen LogP contribution in [0, 0.1) is 11.8 Å². The van der Waals surface area contributed by atoms with E-state index in [1.807, 2.05) is 6.07 Å². The van der Waals surface area contributed by atoms with Crippen molar-refractivity contribution < 1.29 is 9.53 Å². The molecule has 1 aromatic rings. The minimum atomic E-state index is -0.172. The second kappa shape index (κ2) is 5.03. The molecule has 100 valence electrons. The summed E-state index contributed by atoms with van der Waals surface area (Å²) in [6.45, 7) is 0. The van der Waals surface area contributed by atoms with Gasteiger partial charge in [0, 0.05) is 11.3 Å². The van der Waals surface area contributed by atoms with Crippen LogP contribution in [-0.4, -0.2) is 18.7 Å². The van der Waals surface area contributed by atoms with Gasteiger partial charge in [0.25, 0.3) is 5.91 Å². The van der Waals surface area contributed by atoms with Crippen molar-refractivity contribution in [3.63, 3.8) is 0 Å². The molecule has 2 saturated carbocycles. The summed E-state index contributed by atoms with van der Waals surface area (Å²) in [6.07, 6.45) is 4.88. The normalized spacial score (nSPS) is 26.7. The molecule has 2 aliphatic rings. The number of carbonyl (C=O) groups is 1. The Morgan fingerprint density at radius 3 is 3.00 bits per heavy atom. The van der Waals surface area contributed by atoms with Crippen LogP contribution in [0.2, 0.25) is 0 Å². The Kier molecular flexibility index (Phi) is 3.23. The predicted octanol–water partition coefficient (Wildman–Crippen LogP) is 2.60. The van der Waals surface area contributed by atoms with E-state index in [0.29, 0.717) is 17.2 Å². The fourth-order valence-electron chi connectivity index (χ4n) is 3.11. The summed E-state index contributed by atoms with van der Waals surface area (Å²) in [7, 11) is 1.59. The van der Waals surface area contributed by atoms with Crippen LogP contribution in [0.3, 0.4) is 0 Å². The number of hydrazone groups is 1. The Balaban J connectivity index is 1.66. The van der Waals surface area contributed by atoms with Gasteiger partial charge in [-0.05, 0) is 55.7 Å². The number of fused-ring (bicyclic) bond motifs is 2. The van der Waals surface area contributed by atoms with Gasteiger partial charge in [0.15, 0.2) is 0 Å². The number of benzene rings is 1. The molecule has 4 nitrogen and oxygen atoms in total. The topological polar surface area (TPSA) is 50.7 Å². The van der Waals surface area contributed by atoms with Crippen LogP contribution in [0.25, 0.3) is 0 Å². The Morgan fingerprint density at radius 2 is 2.32 bits per heavy atom. The Morgan fingerprint density at radius 1 is 1.42 bits per heavy atom. The zero-order valence-electron chi connectivity index (χ0n) is 11.1. The zero-order valence-corrected chi connectivity index (χ0v) is 11.1. The highest BCUT2D eigenvalue weighted by atomic mass is 16.5. The third-order valence-corrected chi connectivity index (χ3v) is 4.14. The van der Waals surface area contributed by atoms with Crippen LogP contribution < -0.4 is 10.2 Å². The number of hydrogen-bond donors (Lipinski definition) is 1. The average molecular weight is 258 g/mol. The fourth-order valence-corrected chi connectivity index (χ4v) is 3.11. The van der Waals surface area contributed by atoms with Crippen LogP contribution >= 0.6 is 0 Å². The van der Waals surface area contributed by atoms with E-state index in [1.54, 1.807) is 25.3 Å². The summed E-state index contributed by atoms with van der Waals surface area (Å²) >= 11 is 0. The van der Waals surface area contributed by atoms with Gasteiger partial charge >= 0.3 is 0 Å². The first-order chi connectivity index (χ1) is 9.26. The highest BCUT2D eigenvalue weighted by Gasteiger charge is 2.36. The van der Waals surface area contributed by atoms with Crippen molar-refractivity contribution in [3.8, 4) is 5.75 Å². The van der Waals surface area contributed by atoms with Crippen molar-refractivity contribution in [2.75, 3.05) is 7.11 Å². The lowest BCUT2D eigenvalue weighted by Gasteiger charge is -2.11. The molecule has 1 aromatic carbocycles. The van der Waals surface area contributed by atoms with Gasteiger partial charge in [0.05, 0.1) is 7.11 Å². The third-order valence-electron chi connectivity index (χ3n) is 4.14. The Hall–Kier alpha value is -1.84. The van der Waals surface area contributed by atoms with E-state index in [1.165, 1.54) is 25.0 Å². The number of carbonyl (C=O) groups excluding carboxylic acids is 1. The van der Waals surface area contributed by atoms with E-state index in [0.717, 1.165) is 12.3 Å². The molecule has 1 N–H and O–H groups in total. The standard InChI is InChI=1S/C15H18N2O2/c1-19-13-4-2-3-12(9-13)15(18)17-16-14-8-10-5-6-11(14)7-10/h2-4,9-11H,5-8H2,1H3,(H,17,18)/b16-14-/t10-,11-/m0/s1.